The average Bonchev–Trinajstić information content (AvgIpc) is 3.38. The van der Waals surface area contributed by atoms with Gasteiger partial charge in [0, 0.05) is 5.02 Å². The van der Waals surface area contributed by atoms with Crippen molar-refractivity contribution in [1.82, 2.24) is 4.90 Å². The molecular weight excluding hydrogens is 456 g/mol. The molecule has 1 aliphatic heterocycles. The van der Waals surface area contributed by atoms with E-state index >= 15 is 0 Å². The van der Waals surface area contributed by atoms with Gasteiger partial charge in [-0.1, -0.05) is 35.9 Å². The lowest BCUT2D eigenvalue weighted by Gasteiger charge is -2.23. The molecule has 0 fully saturated rings. The summed E-state index contributed by atoms with van der Waals surface area (Å²) in [7, 11) is 0. The van der Waals surface area contributed by atoms with E-state index in [2.05, 4.69) is 0 Å². The van der Waals surface area contributed by atoms with Crippen molar-refractivity contribution in [2.24, 2.45) is 0 Å². The number of imide groups is 1. The van der Waals surface area contributed by atoms with E-state index in [-0.39, 0.29) is 36.0 Å². The molecule has 4 rings (SSSR count). The Bertz CT molecular complexity index is 1140. The number of halogens is 1. The zero-order chi connectivity index (χ0) is 22.0. The molecule has 0 aliphatic carbocycles. The smallest absolute Gasteiger partial charge is 0.275 e. The number of carbonyl (C=O) groups is 3. The number of carbonyl (C=O) groups excluding carboxylic acids is 3. The van der Waals surface area contributed by atoms with Crippen LogP contribution in [0.3, 0.4) is 0 Å². The molecule has 0 radical (unpaired) electrons. The normalized spacial score (nSPS) is 12.6. The lowest BCUT2D eigenvalue weighted by molar-refractivity contribution is 0.0627. The molecule has 6 nitrogen and oxygen atoms in total. The van der Waals surface area contributed by atoms with E-state index in [1.54, 1.807) is 66.0 Å². The van der Waals surface area contributed by atoms with Crippen molar-refractivity contribution in [2.75, 3.05) is 18.1 Å². The van der Waals surface area contributed by atoms with Crippen LogP contribution in [-0.2, 0) is 4.74 Å². The summed E-state index contributed by atoms with van der Waals surface area (Å²) >= 11 is 12.7. The van der Waals surface area contributed by atoms with E-state index < -0.39 is 0 Å². The van der Waals surface area contributed by atoms with Crippen LogP contribution in [0.1, 0.15) is 30.4 Å². The quantitative estimate of drug-likeness (QED) is 0.401. The number of thiophene rings is 1. The summed E-state index contributed by atoms with van der Waals surface area (Å²) in [6.45, 7) is -0.0534. The molecule has 0 saturated heterocycles. The van der Waals surface area contributed by atoms with Gasteiger partial charge >= 0.3 is 0 Å². The first-order valence-electron chi connectivity index (χ1n) is 9.23. The maximum Gasteiger partial charge on any atom is 0.275 e. The minimum Gasteiger partial charge on any atom is -0.468 e. The molecule has 2 aromatic carbocycles. The first-order chi connectivity index (χ1) is 15.0. The summed E-state index contributed by atoms with van der Waals surface area (Å²) in [6.07, 6.45) is 0. The number of hydrogen-bond acceptors (Lipinski definition) is 6. The lowest BCUT2D eigenvalue weighted by atomic mass is 10.1. The fraction of sp³-hybridized carbons (Fsp3) is 0.0909. The SMILES string of the molecule is O=C1c2ccccc2C(=O)N1CCOC(=S)N(C(=O)c1cccs1)c1cccc(Cl)c1. The van der Waals surface area contributed by atoms with Gasteiger partial charge in [-0.05, 0) is 54.0 Å². The highest BCUT2D eigenvalue weighted by Crippen LogP contribution is 2.25. The Morgan fingerprint density at radius 3 is 2.35 bits per heavy atom. The Balaban J connectivity index is 1.48. The molecule has 0 atom stereocenters. The van der Waals surface area contributed by atoms with Crippen molar-refractivity contribution in [3.8, 4) is 0 Å². The minimum absolute atomic E-state index is 0.00304. The second-order valence-electron chi connectivity index (χ2n) is 6.52. The van der Waals surface area contributed by atoms with Crippen molar-refractivity contribution in [3.05, 3.63) is 87.1 Å². The highest BCUT2D eigenvalue weighted by Gasteiger charge is 2.35. The van der Waals surface area contributed by atoms with Gasteiger partial charge in [0.25, 0.3) is 22.9 Å². The van der Waals surface area contributed by atoms with Crippen LogP contribution in [0, 0.1) is 0 Å². The first kappa shape index (κ1) is 21.2. The number of fused-ring (bicyclic) bond motifs is 1. The van der Waals surface area contributed by atoms with E-state index in [0.717, 1.165) is 4.90 Å². The average molecular weight is 471 g/mol. The molecule has 0 unspecified atom stereocenters. The standard InChI is InChI=1S/C22H15ClN2O4S2/c23-14-5-3-6-15(13-14)25(21(28)18-9-4-12-31-18)22(30)29-11-10-24-19(26)16-7-1-2-8-17(16)20(24)27/h1-9,12-13H,10-11H2. The second kappa shape index (κ2) is 8.97. The highest BCUT2D eigenvalue weighted by atomic mass is 35.5. The van der Waals surface area contributed by atoms with Gasteiger partial charge in [0.2, 0.25) is 0 Å². The molecule has 3 amide bonds. The zero-order valence-electron chi connectivity index (χ0n) is 16.0. The number of benzene rings is 2. The van der Waals surface area contributed by atoms with Gasteiger partial charge in [0.1, 0.15) is 6.61 Å². The summed E-state index contributed by atoms with van der Waals surface area (Å²) in [5.74, 6) is -1.11. The summed E-state index contributed by atoms with van der Waals surface area (Å²) < 4.78 is 5.63. The summed E-state index contributed by atoms with van der Waals surface area (Å²) in [4.78, 5) is 40.8. The predicted octanol–water partition coefficient (Wildman–Crippen LogP) is 4.65. The molecule has 3 aromatic rings. The molecule has 1 aromatic heterocycles. The Hall–Kier alpha value is -3.07. The number of thiocarbonyl (C=S) groups is 1. The maximum atomic E-state index is 13.0. The van der Waals surface area contributed by atoms with E-state index in [1.807, 2.05) is 0 Å². The molecule has 0 spiro atoms. The lowest BCUT2D eigenvalue weighted by Crippen LogP contribution is -2.39. The Morgan fingerprint density at radius 2 is 1.74 bits per heavy atom. The van der Waals surface area contributed by atoms with Crippen LogP contribution >= 0.6 is 35.2 Å². The predicted molar refractivity (Wildman–Crippen MR) is 123 cm³/mol. The highest BCUT2D eigenvalue weighted by molar-refractivity contribution is 7.80. The second-order valence-corrected chi connectivity index (χ2v) is 8.25. The van der Waals surface area contributed by atoms with Crippen LogP contribution in [0.4, 0.5) is 5.69 Å². The summed E-state index contributed by atoms with van der Waals surface area (Å²) in [6, 6.07) is 16.8. The van der Waals surface area contributed by atoms with Gasteiger partial charge in [-0.25, -0.2) is 4.90 Å². The zero-order valence-corrected chi connectivity index (χ0v) is 18.4. The fourth-order valence-electron chi connectivity index (χ4n) is 3.16. The topological polar surface area (TPSA) is 66.9 Å². The van der Waals surface area contributed by atoms with Crippen molar-refractivity contribution in [2.45, 2.75) is 0 Å². The molecule has 2 heterocycles. The van der Waals surface area contributed by atoms with Gasteiger partial charge < -0.3 is 4.74 Å². The minimum atomic E-state index is -0.378. The molecule has 156 valence electrons. The molecule has 0 N–H and O–H groups in total. The van der Waals surface area contributed by atoms with E-state index in [4.69, 9.17) is 28.6 Å². The molecule has 0 saturated carbocycles. The van der Waals surface area contributed by atoms with Crippen molar-refractivity contribution in [1.29, 1.82) is 0 Å². The Labute approximate surface area is 192 Å². The van der Waals surface area contributed by atoms with E-state index in [1.165, 1.54) is 16.2 Å². The van der Waals surface area contributed by atoms with Crippen LogP contribution in [-0.4, -0.2) is 40.9 Å². The maximum absolute atomic E-state index is 13.0. The molecule has 0 bridgehead atoms. The first-order valence-corrected chi connectivity index (χ1v) is 10.9. The number of amides is 3. The Morgan fingerprint density at radius 1 is 1.03 bits per heavy atom. The molecule has 1 aliphatic rings. The van der Waals surface area contributed by atoms with Crippen LogP contribution in [0.15, 0.2) is 66.0 Å². The van der Waals surface area contributed by atoms with Gasteiger partial charge in [0.15, 0.2) is 0 Å². The van der Waals surface area contributed by atoms with Crippen LogP contribution in [0.5, 0.6) is 0 Å². The number of nitrogens with zero attached hydrogens (tertiary/aromatic N) is 2. The van der Waals surface area contributed by atoms with Crippen molar-refractivity contribution < 1.29 is 19.1 Å². The summed E-state index contributed by atoms with van der Waals surface area (Å²) in [5, 5.41) is 2.13. The van der Waals surface area contributed by atoms with Gasteiger partial charge in [-0.3, -0.25) is 19.3 Å². The number of anilines is 1. The largest absolute Gasteiger partial charge is 0.468 e. The van der Waals surface area contributed by atoms with E-state index in [0.29, 0.717) is 26.7 Å². The van der Waals surface area contributed by atoms with Crippen molar-refractivity contribution in [3.63, 3.8) is 0 Å². The fourth-order valence-corrected chi connectivity index (χ4v) is 4.27. The third-order valence-corrected chi connectivity index (χ3v) is 6.00. The monoisotopic (exact) mass is 470 g/mol. The van der Waals surface area contributed by atoms with Crippen LogP contribution in [0.25, 0.3) is 0 Å². The molecular formula is C22H15ClN2O4S2. The van der Waals surface area contributed by atoms with Crippen molar-refractivity contribution >= 4 is 63.7 Å². The van der Waals surface area contributed by atoms with Gasteiger partial charge in [-0.15, -0.1) is 11.3 Å². The van der Waals surface area contributed by atoms with Gasteiger partial charge in [-0.2, -0.15) is 0 Å². The third kappa shape index (κ3) is 4.23. The van der Waals surface area contributed by atoms with Gasteiger partial charge in [0.05, 0.1) is 28.2 Å². The third-order valence-electron chi connectivity index (χ3n) is 4.60. The van der Waals surface area contributed by atoms with Crippen LogP contribution in [0.2, 0.25) is 5.02 Å². The Kier molecular flexibility index (Phi) is 6.13. The molecule has 31 heavy (non-hydrogen) atoms. The number of ether oxygens (including phenoxy) is 1. The van der Waals surface area contributed by atoms with Crippen LogP contribution < -0.4 is 4.90 Å². The number of rotatable bonds is 5. The van der Waals surface area contributed by atoms with E-state index in [9.17, 15) is 14.4 Å². The molecule has 9 heteroatoms. The summed E-state index contributed by atoms with van der Waals surface area (Å²) in [5.41, 5.74) is 1.18. The number of hydrogen-bond donors (Lipinski definition) is 0.